The average Bonchev–Trinajstić information content (AvgIpc) is 3.28. The minimum absolute atomic E-state index is 0.117. The maximum absolute atomic E-state index is 12.0. The van der Waals surface area contributed by atoms with E-state index in [1.807, 2.05) is 6.07 Å². The van der Waals surface area contributed by atoms with Crippen molar-refractivity contribution in [3.8, 4) is 11.5 Å². The van der Waals surface area contributed by atoms with Crippen LogP contribution in [0.4, 0.5) is 0 Å². The molecular weight excluding hydrogens is 372 g/mol. The van der Waals surface area contributed by atoms with Crippen molar-refractivity contribution in [1.82, 2.24) is 19.2 Å². The number of carbonyl (C=O) groups excluding carboxylic acids is 1. The second kappa shape index (κ2) is 7.00. The van der Waals surface area contributed by atoms with Crippen molar-refractivity contribution in [3.05, 3.63) is 74.6 Å². The molecule has 3 aromatic heterocycles. The number of hydrogen-bond acceptors (Lipinski definition) is 8. The first-order chi connectivity index (χ1) is 13.1. The van der Waals surface area contributed by atoms with E-state index < -0.39 is 18.3 Å². The third-order valence-corrected chi connectivity index (χ3v) is 4.40. The fraction of sp³-hybridized carbons (Fsp3) is 0.118. The molecule has 10 heteroatoms. The number of fused-ring (bicyclic) bond motifs is 1. The van der Waals surface area contributed by atoms with Crippen LogP contribution in [0.1, 0.15) is 5.69 Å². The van der Waals surface area contributed by atoms with Crippen LogP contribution in [0.2, 0.25) is 0 Å². The normalized spacial score (nSPS) is 11.0. The van der Waals surface area contributed by atoms with E-state index in [-0.39, 0.29) is 18.1 Å². The zero-order valence-corrected chi connectivity index (χ0v) is 14.6. The van der Waals surface area contributed by atoms with Gasteiger partial charge in [0.25, 0.3) is 5.56 Å². The van der Waals surface area contributed by atoms with E-state index in [4.69, 9.17) is 9.15 Å². The molecule has 0 amide bonds. The maximum atomic E-state index is 12.0. The summed E-state index contributed by atoms with van der Waals surface area (Å²) in [4.78, 5) is 40.5. The van der Waals surface area contributed by atoms with Gasteiger partial charge in [-0.25, -0.2) is 9.78 Å². The average molecular weight is 384 g/mol. The third kappa shape index (κ3) is 3.55. The lowest BCUT2D eigenvalue weighted by Crippen LogP contribution is -2.23. The molecule has 0 aliphatic rings. The first kappa shape index (κ1) is 16.9. The molecule has 0 bridgehead atoms. The van der Waals surface area contributed by atoms with E-state index in [1.54, 1.807) is 35.8 Å². The molecule has 0 spiro atoms. The van der Waals surface area contributed by atoms with Gasteiger partial charge in [0.1, 0.15) is 13.2 Å². The molecule has 0 saturated heterocycles. The first-order valence-corrected chi connectivity index (χ1v) is 8.73. The van der Waals surface area contributed by atoms with Crippen molar-refractivity contribution >= 4 is 22.3 Å². The summed E-state index contributed by atoms with van der Waals surface area (Å²) >= 11 is 1.30. The number of nitrogens with zero attached hydrogens (tertiary/aromatic N) is 4. The molecule has 4 rings (SSSR count). The third-order valence-electron chi connectivity index (χ3n) is 3.64. The van der Waals surface area contributed by atoms with E-state index in [0.29, 0.717) is 16.2 Å². The Hall–Kier alpha value is -3.53. The number of carbonyl (C=O) groups is 1. The van der Waals surface area contributed by atoms with Crippen molar-refractivity contribution < 1.29 is 13.9 Å². The van der Waals surface area contributed by atoms with Crippen LogP contribution in [0, 0.1) is 0 Å². The van der Waals surface area contributed by atoms with Gasteiger partial charge in [0.05, 0.1) is 5.69 Å². The predicted octanol–water partition coefficient (Wildman–Crippen LogP) is 1.32. The van der Waals surface area contributed by atoms with E-state index in [2.05, 4.69) is 10.1 Å². The summed E-state index contributed by atoms with van der Waals surface area (Å²) in [5.41, 5.74) is 0.691. The predicted molar refractivity (Wildman–Crippen MR) is 95.3 cm³/mol. The number of benzene rings is 1. The van der Waals surface area contributed by atoms with E-state index in [0.717, 1.165) is 4.68 Å². The topological polar surface area (TPSA) is 109 Å². The summed E-state index contributed by atoms with van der Waals surface area (Å²) in [5, 5.41) is 5.73. The summed E-state index contributed by atoms with van der Waals surface area (Å²) in [6.45, 7) is -0.587. The highest BCUT2D eigenvalue weighted by molar-refractivity contribution is 7.15. The molecule has 0 N–H and O–H groups in total. The highest BCUT2D eigenvalue weighted by Gasteiger charge is 2.14. The molecule has 0 saturated carbocycles. The minimum Gasteiger partial charge on any atom is -0.458 e. The molecule has 0 aliphatic carbocycles. The molecule has 1 aromatic carbocycles. The quantitative estimate of drug-likeness (QED) is 0.477. The van der Waals surface area contributed by atoms with Gasteiger partial charge >= 0.3 is 11.7 Å². The smallest absolute Gasteiger partial charge is 0.437 e. The second-order valence-electron chi connectivity index (χ2n) is 5.50. The van der Waals surface area contributed by atoms with Crippen molar-refractivity contribution in [2.45, 2.75) is 13.2 Å². The summed E-state index contributed by atoms with van der Waals surface area (Å²) in [6.07, 6.45) is 1.62. The second-order valence-corrected chi connectivity index (χ2v) is 6.37. The van der Waals surface area contributed by atoms with Gasteiger partial charge in [-0.3, -0.25) is 14.0 Å². The summed E-state index contributed by atoms with van der Waals surface area (Å²) in [7, 11) is 0. The summed E-state index contributed by atoms with van der Waals surface area (Å²) in [5.74, 6) is -1.34. The van der Waals surface area contributed by atoms with Crippen molar-refractivity contribution in [2.24, 2.45) is 0 Å². The molecule has 0 aliphatic heterocycles. The molecule has 0 unspecified atom stereocenters. The number of ether oxygens (including phenoxy) is 1. The number of thiazole rings is 1. The number of aromatic nitrogens is 4. The lowest BCUT2D eigenvalue weighted by molar-refractivity contribution is -0.146. The minimum atomic E-state index is -0.762. The fourth-order valence-electron chi connectivity index (χ4n) is 2.39. The zero-order valence-electron chi connectivity index (χ0n) is 13.8. The van der Waals surface area contributed by atoms with Crippen LogP contribution in [-0.4, -0.2) is 25.1 Å². The molecule has 3 heterocycles. The highest BCUT2D eigenvalue weighted by Crippen LogP contribution is 2.14. The van der Waals surface area contributed by atoms with Crippen LogP contribution in [0.3, 0.4) is 0 Å². The number of hydrogen-bond donors (Lipinski definition) is 0. The summed E-state index contributed by atoms with van der Waals surface area (Å²) < 4.78 is 12.4. The van der Waals surface area contributed by atoms with Gasteiger partial charge in [0, 0.05) is 23.2 Å². The fourth-order valence-corrected chi connectivity index (χ4v) is 3.13. The summed E-state index contributed by atoms with van der Waals surface area (Å²) in [6, 6.07) is 10.1. The van der Waals surface area contributed by atoms with Gasteiger partial charge in [0.15, 0.2) is 4.96 Å². The first-order valence-electron chi connectivity index (χ1n) is 7.85. The molecule has 0 fully saturated rings. The van der Waals surface area contributed by atoms with Crippen molar-refractivity contribution in [3.63, 3.8) is 0 Å². The number of esters is 1. The van der Waals surface area contributed by atoms with Crippen LogP contribution in [0.5, 0.6) is 0 Å². The Balaban J connectivity index is 1.44. The Bertz CT molecular complexity index is 1220. The van der Waals surface area contributed by atoms with Crippen molar-refractivity contribution in [1.29, 1.82) is 0 Å². The van der Waals surface area contributed by atoms with Gasteiger partial charge < -0.3 is 9.15 Å². The monoisotopic (exact) mass is 384 g/mol. The molecule has 0 radical (unpaired) electrons. The van der Waals surface area contributed by atoms with E-state index in [9.17, 15) is 14.4 Å². The Kier molecular flexibility index (Phi) is 4.38. The van der Waals surface area contributed by atoms with Gasteiger partial charge in [-0.15, -0.1) is 16.4 Å². The lowest BCUT2D eigenvalue weighted by atomic mass is 10.2. The van der Waals surface area contributed by atoms with Crippen LogP contribution < -0.4 is 11.3 Å². The Morgan fingerprint density at radius 2 is 2.04 bits per heavy atom. The maximum Gasteiger partial charge on any atom is 0.437 e. The SMILES string of the molecule is O=C(Cn1nc(-c2ccccc2)oc1=O)OCc1cc(=O)n2ccsc2n1. The molecule has 4 aromatic rings. The largest absolute Gasteiger partial charge is 0.458 e. The van der Waals surface area contributed by atoms with Gasteiger partial charge in [-0.1, -0.05) is 18.2 Å². The molecule has 27 heavy (non-hydrogen) atoms. The van der Waals surface area contributed by atoms with Gasteiger partial charge in [-0.05, 0) is 12.1 Å². The molecule has 9 nitrogen and oxygen atoms in total. The van der Waals surface area contributed by atoms with Crippen LogP contribution >= 0.6 is 11.3 Å². The lowest BCUT2D eigenvalue weighted by Gasteiger charge is -2.03. The van der Waals surface area contributed by atoms with E-state index in [1.165, 1.54) is 21.8 Å². The van der Waals surface area contributed by atoms with Crippen LogP contribution in [0.25, 0.3) is 16.4 Å². The Labute approximate surface area is 155 Å². The Morgan fingerprint density at radius 3 is 2.85 bits per heavy atom. The molecule has 0 atom stereocenters. The van der Waals surface area contributed by atoms with Crippen LogP contribution in [-0.2, 0) is 22.7 Å². The molecular formula is C17H12N4O5S. The van der Waals surface area contributed by atoms with E-state index >= 15 is 0 Å². The molecule has 136 valence electrons. The zero-order chi connectivity index (χ0) is 18.8. The van der Waals surface area contributed by atoms with Crippen molar-refractivity contribution in [2.75, 3.05) is 0 Å². The van der Waals surface area contributed by atoms with Crippen LogP contribution in [0.15, 0.2) is 62.0 Å². The highest BCUT2D eigenvalue weighted by atomic mass is 32.1. The number of rotatable bonds is 5. The van der Waals surface area contributed by atoms with Gasteiger partial charge in [0.2, 0.25) is 5.89 Å². The Morgan fingerprint density at radius 1 is 1.22 bits per heavy atom. The standard InChI is InChI=1S/C17H12N4O5S/c22-13-8-12(18-16-20(13)6-7-27-16)10-25-14(23)9-21-17(24)26-15(19-21)11-4-2-1-3-5-11/h1-8H,9-10H2. The van der Waals surface area contributed by atoms with Gasteiger partial charge in [-0.2, -0.15) is 4.68 Å².